The maximum absolute atomic E-state index is 11.8. The van der Waals surface area contributed by atoms with Gasteiger partial charge in [0.25, 0.3) is 0 Å². The summed E-state index contributed by atoms with van der Waals surface area (Å²) in [6, 6.07) is 5.45. The molecule has 1 heterocycles. The normalized spacial score (nSPS) is 10.7. The molecular formula is C14H14ClNO2. The summed E-state index contributed by atoms with van der Waals surface area (Å²) < 4.78 is 5.01. The lowest BCUT2D eigenvalue weighted by atomic mass is 10.1. The quantitative estimate of drug-likeness (QED) is 0.776. The minimum atomic E-state index is -0.345. The highest BCUT2D eigenvalue weighted by Crippen LogP contribution is 2.24. The molecule has 3 nitrogen and oxygen atoms in total. The van der Waals surface area contributed by atoms with E-state index < -0.39 is 0 Å². The molecule has 0 atom stereocenters. The molecule has 0 fully saturated rings. The second kappa shape index (κ2) is 4.94. The van der Waals surface area contributed by atoms with Gasteiger partial charge in [-0.2, -0.15) is 0 Å². The van der Waals surface area contributed by atoms with Crippen LogP contribution in [0.4, 0.5) is 0 Å². The van der Waals surface area contributed by atoms with Crippen molar-refractivity contribution >= 4 is 28.5 Å². The fraction of sp³-hybridized carbons (Fsp3) is 0.286. The first kappa shape index (κ1) is 12.8. The van der Waals surface area contributed by atoms with Crippen LogP contribution in [0.15, 0.2) is 18.2 Å². The number of aromatic nitrogens is 1. The van der Waals surface area contributed by atoms with Gasteiger partial charge in [0.1, 0.15) is 0 Å². The number of carbonyl (C=O) groups is 1. The van der Waals surface area contributed by atoms with Crippen molar-refractivity contribution in [2.24, 2.45) is 0 Å². The number of carbonyl (C=O) groups excluding carboxylic acids is 1. The van der Waals surface area contributed by atoms with Crippen LogP contribution < -0.4 is 0 Å². The van der Waals surface area contributed by atoms with Gasteiger partial charge in [0, 0.05) is 10.4 Å². The Morgan fingerprint density at radius 2 is 2.06 bits per heavy atom. The molecule has 0 bridgehead atoms. The van der Waals surface area contributed by atoms with E-state index in [1.54, 1.807) is 26.0 Å². The van der Waals surface area contributed by atoms with Crippen LogP contribution in [-0.4, -0.2) is 17.6 Å². The van der Waals surface area contributed by atoms with E-state index in [4.69, 9.17) is 16.3 Å². The Morgan fingerprint density at radius 3 is 2.72 bits per heavy atom. The number of benzene rings is 1. The number of hydrogen-bond acceptors (Lipinski definition) is 3. The predicted molar refractivity (Wildman–Crippen MR) is 72.2 cm³/mol. The summed E-state index contributed by atoms with van der Waals surface area (Å²) in [7, 11) is 0. The highest BCUT2D eigenvalue weighted by Gasteiger charge is 2.13. The number of aryl methyl sites for hydroxylation is 2. The monoisotopic (exact) mass is 263 g/mol. The molecule has 1 aromatic heterocycles. The Morgan fingerprint density at radius 1 is 1.33 bits per heavy atom. The van der Waals surface area contributed by atoms with Gasteiger partial charge in [-0.3, -0.25) is 4.98 Å². The highest BCUT2D eigenvalue weighted by atomic mass is 35.5. The van der Waals surface area contributed by atoms with Crippen LogP contribution in [0, 0.1) is 13.8 Å². The number of pyridine rings is 1. The van der Waals surface area contributed by atoms with Crippen molar-refractivity contribution in [3.05, 3.63) is 40.0 Å². The maximum Gasteiger partial charge on any atom is 0.339 e. The van der Waals surface area contributed by atoms with Gasteiger partial charge in [0.05, 0.1) is 23.4 Å². The molecule has 0 N–H and O–H groups in total. The molecule has 18 heavy (non-hydrogen) atoms. The molecule has 0 saturated heterocycles. The van der Waals surface area contributed by atoms with Crippen molar-refractivity contribution < 1.29 is 9.53 Å². The second-order valence-electron chi connectivity index (χ2n) is 4.14. The number of fused-ring (bicyclic) bond motifs is 1. The molecule has 2 aromatic rings. The average Bonchev–Trinajstić information content (AvgIpc) is 2.29. The van der Waals surface area contributed by atoms with E-state index >= 15 is 0 Å². The van der Waals surface area contributed by atoms with Gasteiger partial charge in [-0.15, -0.1) is 0 Å². The van der Waals surface area contributed by atoms with Gasteiger partial charge >= 0.3 is 5.97 Å². The Kier molecular flexibility index (Phi) is 3.53. The number of ether oxygens (including phenoxy) is 1. The molecule has 0 spiro atoms. The van der Waals surface area contributed by atoms with E-state index in [0.717, 1.165) is 16.5 Å². The van der Waals surface area contributed by atoms with E-state index in [1.165, 1.54) is 0 Å². The Balaban J connectivity index is 2.64. The zero-order chi connectivity index (χ0) is 13.3. The number of halogens is 1. The minimum absolute atomic E-state index is 0.345. The van der Waals surface area contributed by atoms with Gasteiger partial charge in [0.2, 0.25) is 0 Å². The summed E-state index contributed by atoms with van der Waals surface area (Å²) in [5.74, 6) is -0.345. The number of esters is 1. The lowest BCUT2D eigenvalue weighted by Gasteiger charge is -2.08. The smallest absolute Gasteiger partial charge is 0.339 e. The van der Waals surface area contributed by atoms with E-state index in [0.29, 0.717) is 22.9 Å². The molecule has 2 rings (SSSR count). The first-order valence-electron chi connectivity index (χ1n) is 5.77. The zero-order valence-electron chi connectivity index (χ0n) is 10.6. The predicted octanol–water partition coefficient (Wildman–Crippen LogP) is 3.68. The van der Waals surface area contributed by atoms with E-state index in [2.05, 4.69) is 4.98 Å². The van der Waals surface area contributed by atoms with Crippen LogP contribution >= 0.6 is 11.6 Å². The summed E-state index contributed by atoms with van der Waals surface area (Å²) >= 11 is 6.01. The molecule has 0 radical (unpaired) electrons. The third kappa shape index (κ3) is 2.31. The summed E-state index contributed by atoms with van der Waals surface area (Å²) in [6.45, 7) is 5.89. The van der Waals surface area contributed by atoms with Gasteiger partial charge in [-0.1, -0.05) is 11.6 Å². The molecule has 0 amide bonds. The largest absolute Gasteiger partial charge is 0.462 e. The number of nitrogens with zero attached hydrogens (tertiary/aromatic N) is 1. The van der Waals surface area contributed by atoms with Crippen molar-refractivity contribution in [2.75, 3.05) is 6.61 Å². The van der Waals surface area contributed by atoms with Crippen LogP contribution in [-0.2, 0) is 4.74 Å². The topological polar surface area (TPSA) is 39.2 Å². The van der Waals surface area contributed by atoms with Gasteiger partial charge < -0.3 is 4.74 Å². The second-order valence-corrected chi connectivity index (χ2v) is 4.57. The van der Waals surface area contributed by atoms with Gasteiger partial charge in [-0.05, 0) is 44.5 Å². The summed E-state index contributed by atoms with van der Waals surface area (Å²) in [4.78, 5) is 16.2. The van der Waals surface area contributed by atoms with E-state index in [-0.39, 0.29) is 5.97 Å². The molecule has 0 aliphatic heterocycles. The molecule has 94 valence electrons. The Labute approximate surface area is 111 Å². The van der Waals surface area contributed by atoms with Crippen LogP contribution in [0.25, 0.3) is 10.9 Å². The van der Waals surface area contributed by atoms with Crippen LogP contribution in [0.1, 0.15) is 28.5 Å². The highest BCUT2D eigenvalue weighted by molar-refractivity contribution is 6.31. The molecule has 0 saturated carbocycles. The fourth-order valence-corrected chi connectivity index (χ4v) is 2.21. The van der Waals surface area contributed by atoms with Crippen LogP contribution in [0.2, 0.25) is 5.02 Å². The Bertz CT molecular complexity index is 623. The first-order chi connectivity index (χ1) is 8.52. The van der Waals surface area contributed by atoms with Crippen molar-refractivity contribution in [1.29, 1.82) is 0 Å². The maximum atomic E-state index is 11.8. The molecule has 0 aliphatic carbocycles. The summed E-state index contributed by atoms with van der Waals surface area (Å²) in [5, 5.41) is 1.49. The lowest BCUT2D eigenvalue weighted by Crippen LogP contribution is -2.08. The average molecular weight is 264 g/mol. The SMILES string of the molecule is CCOC(=O)c1cc2cc(Cl)cc(C)c2nc1C. The third-order valence-electron chi connectivity index (χ3n) is 2.76. The molecular weight excluding hydrogens is 250 g/mol. The summed E-state index contributed by atoms with van der Waals surface area (Å²) in [6.07, 6.45) is 0. The van der Waals surface area contributed by atoms with Crippen molar-refractivity contribution in [2.45, 2.75) is 20.8 Å². The molecule has 0 unspecified atom stereocenters. The summed E-state index contributed by atoms with van der Waals surface area (Å²) in [5.41, 5.74) is 3.03. The zero-order valence-corrected chi connectivity index (χ0v) is 11.3. The van der Waals surface area contributed by atoms with Crippen LogP contribution in [0.3, 0.4) is 0 Å². The first-order valence-corrected chi connectivity index (χ1v) is 6.15. The number of rotatable bonds is 2. The van der Waals surface area contributed by atoms with E-state index in [1.807, 2.05) is 13.0 Å². The minimum Gasteiger partial charge on any atom is -0.462 e. The van der Waals surface area contributed by atoms with Crippen molar-refractivity contribution in [3.8, 4) is 0 Å². The molecule has 1 aromatic carbocycles. The Hall–Kier alpha value is -1.61. The standard InChI is InChI=1S/C14H14ClNO2/c1-4-18-14(17)12-7-10-6-11(15)5-8(2)13(10)16-9(12)3/h5-7H,4H2,1-3H3. The lowest BCUT2D eigenvalue weighted by molar-refractivity contribution is 0.0525. The third-order valence-corrected chi connectivity index (χ3v) is 2.98. The number of hydrogen-bond donors (Lipinski definition) is 0. The van der Waals surface area contributed by atoms with Crippen molar-refractivity contribution in [3.63, 3.8) is 0 Å². The van der Waals surface area contributed by atoms with Crippen LogP contribution in [0.5, 0.6) is 0 Å². The molecule has 4 heteroatoms. The molecule has 0 aliphatic rings. The fourth-order valence-electron chi connectivity index (χ4n) is 1.93. The van der Waals surface area contributed by atoms with E-state index in [9.17, 15) is 4.79 Å². The van der Waals surface area contributed by atoms with Crippen molar-refractivity contribution in [1.82, 2.24) is 4.98 Å². The van der Waals surface area contributed by atoms with Gasteiger partial charge in [0.15, 0.2) is 0 Å². The van der Waals surface area contributed by atoms with Gasteiger partial charge in [-0.25, -0.2) is 4.79 Å².